The fraction of sp³-hybridized carbons (Fsp3) is 0.222. The summed E-state index contributed by atoms with van der Waals surface area (Å²) in [5, 5.41) is 0. The number of aldehydes is 1. The van der Waals surface area contributed by atoms with Gasteiger partial charge in [-0.05, 0) is 24.6 Å². The maximum atomic E-state index is 10.5. The highest BCUT2D eigenvalue weighted by atomic mass is 32.1. The molecule has 0 aliphatic rings. The Hall–Kier alpha value is -0.960. The minimum Gasteiger partial charge on any atom is -0.496 e. The van der Waals surface area contributed by atoms with E-state index < -0.39 is 0 Å². The molecule has 0 amide bonds. The Morgan fingerprint density at radius 2 is 2.17 bits per heavy atom. The van der Waals surface area contributed by atoms with Gasteiger partial charge in [-0.2, -0.15) is 0 Å². The van der Waals surface area contributed by atoms with E-state index in [4.69, 9.17) is 4.74 Å². The van der Waals surface area contributed by atoms with Crippen molar-refractivity contribution in [2.24, 2.45) is 0 Å². The second-order valence-electron chi connectivity index (χ2n) is 2.45. The molecule has 0 aromatic heterocycles. The van der Waals surface area contributed by atoms with Crippen LogP contribution in [-0.4, -0.2) is 13.4 Å². The number of thiol groups is 1. The topological polar surface area (TPSA) is 26.3 Å². The van der Waals surface area contributed by atoms with Crippen LogP contribution in [0.25, 0.3) is 0 Å². The summed E-state index contributed by atoms with van der Waals surface area (Å²) in [5.74, 6) is 0.696. The largest absolute Gasteiger partial charge is 0.496 e. The van der Waals surface area contributed by atoms with Crippen molar-refractivity contribution in [1.29, 1.82) is 0 Å². The first-order valence-electron chi connectivity index (χ1n) is 3.52. The first kappa shape index (κ1) is 9.13. The lowest BCUT2D eigenvalue weighted by molar-refractivity contribution is 0.112. The van der Waals surface area contributed by atoms with Gasteiger partial charge in [-0.15, -0.1) is 12.6 Å². The minimum atomic E-state index is 0.654. The van der Waals surface area contributed by atoms with Gasteiger partial charge >= 0.3 is 0 Å². The molecule has 0 radical (unpaired) electrons. The summed E-state index contributed by atoms with van der Waals surface area (Å²) in [6, 6.07) is 3.46. The first-order valence-corrected chi connectivity index (χ1v) is 3.97. The smallest absolute Gasteiger partial charge is 0.150 e. The zero-order valence-corrected chi connectivity index (χ0v) is 7.89. The fourth-order valence-corrected chi connectivity index (χ4v) is 1.28. The third-order valence-electron chi connectivity index (χ3n) is 1.78. The highest BCUT2D eigenvalue weighted by molar-refractivity contribution is 7.80. The van der Waals surface area contributed by atoms with Crippen molar-refractivity contribution >= 4 is 18.9 Å². The van der Waals surface area contributed by atoms with Crippen molar-refractivity contribution in [1.82, 2.24) is 0 Å². The van der Waals surface area contributed by atoms with Crippen LogP contribution in [0.5, 0.6) is 5.75 Å². The van der Waals surface area contributed by atoms with Gasteiger partial charge in [0.25, 0.3) is 0 Å². The molecule has 2 nitrogen and oxygen atoms in total. The van der Waals surface area contributed by atoms with Gasteiger partial charge in [0, 0.05) is 10.5 Å². The molecule has 0 saturated heterocycles. The second kappa shape index (κ2) is 3.63. The van der Waals surface area contributed by atoms with Gasteiger partial charge in [0.2, 0.25) is 0 Å². The normalized spacial score (nSPS) is 9.58. The maximum Gasteiger partial charge on any atom is 0.150 e. The number of carbonyl (C=O) groups excluding carboxylic acids is 1. The lowest BCUT2D eigenvalue weighted by atomic mass is 10.1. The first-order chi connectivity index (χ1) is 5.70. The molecule has 1 aromatic rings. The Morgan fingerprint density at radius 1 is 1.50 bits per heavy atom. The van der Waals surface area contributed by atoms with Crippen molar-refractivity contribution in [2.45, 2.75) is 11.8 Å². The van der Waals surface area contributed by atoms with Gasteiger partial charge in [0.15, 0.2) is 0 Å². The number of ether oxygens (including phenoxy) is 1. The molecule has 0 saturated carbocycles. The van der Waals surface area contributed by atoms with E-state index in [0.717, 1.165) is 16.7 Å². The monoisotopic (exact) mass is 182 g/mol. The van der Waals surface area contributed by atoms with E-state index in [0.29, 0.717) is 11.3 Å². The predicted octanol–water partition coefficient (Wildman–Crippen LogP) is 2.10. The molecule has 0 aliphatic carbocycles. The van der Waals surface area contributed by atoms with Crippen molar-refractivity contribution in [2.75, 3.05) is 7.11 Å². The molecule has 0 fully saturated rings. The molecule has 64 valence electrons. The minimum absolute atomic E-state index is 0.654. The lowest BCUT2D eigenvalue weighted by Crippen LogP contribution is -1.92. The number of methoxy groups -OCH3 is 1. The highest BCUT2D eigenvalue weighted by Gasteiger charge is 2.05. The van der Waals surface area contributed by atoms with Gasteiger partial charge in [-0.1, -0.05) is 0 Å². The molecule has 0 atom stereocenters. The molecule has 3 heteroatoms. The molecular formula is C9H10O2S. The Morgan fingerprint density at radius 3 is 2.67 bits per heavy atom. The SMILES string of the molecule is COc1ccc(C=O)c(C)c1S. The molecule has 0 heterocycles. The lowest BCUT2D eigenvalue weighted by Gasteiger charge is -2.07. The van der Waals surface area contributed by atoms with Crippen molar-refractivity contribution < 1.29 is 9.53 Å². The van der Waals surface area contributed by atoms with Crippen LogP contribution in [0.3, 0.4) is 0 Å². The highest BCUT2D eigenvalue weighted by Crippen LogP contribution is 2.27. The molecule has 1 rings (SSSR count). The van der Waals surface area contributed by atoms with Gasteiger partial charge in [0.1, 0.15) is 12.0 Å². The molecule has 0 bridgehead atoms. The van der Waals surface area contributed by atoms with Crippen LogP contribution in [0, 0.1) is 6.92 Å². The molecule has 0 N–H and O–H groups in total. The third kappa shape index (κ3) is 1.46. The number of benzene rings is 1. The summed E-state index contributed by atoms with van der Waals surface area (Å²) in [5.41, 5.74) is 1.51. The van der Waals surface area contributed by atoms with E-state index in [9.17, 15) is 4.79 Å². The number of carbonyl (C=O) groups is 1. The molecule has 12 heavy (non-hydrogen) atoms. The quantitative estimate of drug-likeness (QED) is 0.560. The van der Waals surface area contributed by atoms with E-state index in [1.165, 1.54) is 0 Å². The summed E-state index contributed by atoms with van der Waals surface area (Å²) in [6.07, 6.45) is 0.814. The fourth-order valence-electron chi connectivity index (χ4n) is 0.983. The van der Waals surface area contributed by atoms with Crippen LogP contribution >= 0.6 is 12.6 Å². The maximum absolute atomic E-state index is 10.5. The third-order valence-corrected chi connectivity index (χ3v) is 2.34. The molecule has 1 aromatic carbocycles. The standard InChI is InChI=1S/C9H10O2S/c1-6-7(5-10)3-4-8(11-2)9(6)12/h3-5,12H,1-2H3. The van der Waals surface area contributed by atoms with Gasteiger partial charge in [-0.25, -0.2) is 0 Å². The van der Waals surface area contributed by atoms with Crippen molar-refractivity contribution in [3.8, 4) is 5.75 Å². The number of hydrogen-bond donors (Lipinski definition) is 1. The number of hydrogen-bond acceptors (Lipinski definition) is 3. The molecule has 0 spiro atoms. The molecular weight excluding hydrogens is 172 g/mol. The Kier molecular flexibility index (Phi) is 2.76. The van der Waals surface area contributed by atoms with Crippen LogP contribution in [0.1, 0.15) is 15.9 Å². The van der Waals surface area contributed by atoms with Gasteiger partial charge in [-0.3, -0.25) is 4.79 Å². The molecule has 0 unspecified atom stereocenters. The van der Waals surface area contributed by atoms with Gasteiger partial charge in [0.05, 0.1) is 7.11 Å². The van der Waals surface area contributed by atoms with Crippen LogP contribution in [-0.2, 0) is 0 Å². The van der Waals surface area contributed by atoms with Crippen molar-refractivity contribution in [3.63, 3.8) is 0 Å². The van der Waals surface area contributed by atoms with Gasteiger partial charge < -0.3 is 4.74 Å². The average Bonchev–Trinajstić information content (AvgIpc) is 2.10. The second-order valence-corrected chi connectivity index (χ2v) is 2.90. The summed E-state index contributed by atoms with van der Waals surface area (Å²) < 4.78 is 5.03. The van der Waals surface area contributed by atoms with Crippen LogP contribution in [0.15, 0.2) is 17.0 Å². The Labute approximate surface area is 77.0 Å². The summed E-state index contributed by atoms with van der Waals surface area (Å²) in [7, 11) is 1.58. The molecule has 0 aliphatic heterocycles. The van der Waals surface area contributed by atoms with E-state index in [-0.39, 0.29) is 0 Å². The Bertz CT molecular complexity index is 308. The van der Waals surface area contributed by atoms with E-state index in [1.54, 1.807) is 19.2 Å². The zero-order chi connectivity index (χ0) is 9.14. The van der Waals surface area contributed by atoms with Crippen LogP contribution in [0.4, 0.5) is 0 Å². The van der Waals surface area contributed by atoms with Crippen molar-refractivity contribution in [3.05, 3.63) is 23.3 Å². The van der Waals surface area contributed by atoms with E-state index >= 15 is 0 Å². The summed E-state index contributed by atoms with van der Waals surface area (Å²) in [6.45, 7) is 1.84. The van der Waals surface area contributed by atoms with Crippen LogP contribution in [0.2, 0.25) is 0 Å². The Balaban J connectivity index is 3.29. The predicted molar refractivity (Wildman–Crippen MR) is 50.4 cm³/mol. The van der Waals surface area contributed by atoms with E-state index in [1.807, 2.05) is 6.92 Å². The summed E-state index contributed by atoms with van der Waals surface area (Å²) >= 11 is 4.23. The van der Waals surface area contributed by atoms with E-state index in [2.05, 4.69) is 12.6 Å². The average molecular weight is 182 g/mol. The summed E-state index contributed by atoms with van der Waals surface area (Å²) in [4.78, 5) is 11.2. The van der Waals surface area contributed by atoms with Crippen LogP contribution < -0.4 is 4.74 Å². The number of rotatable bonds is 2. The zero-order valence-electron chi connectivity index (χ0n) is 7.00.